The van der Waals surface area contributed by atoms with Crippen LogP contribution in [-0.4, -0.2) is 51.7 Å². The zero-order chi connectivity index (χ0) is 19.9. The normalized spacial score (nSPS) is 11.2. The largest absolute Gasteiger partial charge is 0.504 e. The van der Waals surface area contributed by atoms with Crippen LogP contribution in [0.1, 0.15) is 11.1 Å². The third-order valence-corrected chi connectivity index (χ3v) is 3.72. The van der Waals surface area contributed by atoms with Crippen LogP contribution in [0.5, 0.6) is 23.0 Å². The summed E-state index contributed by atoms with van der Waals surface area (Å²) < 4.78 is 11.4. The molecule has 0 atom stereocenters. The van der Waals surface area contributed by atoms with E-state index in [1.54, 1.807) is 36.4 Å². The second kappa shape index (κ2) is 8.54. The smallest absolute Gasteiger partial charge is 0.265 e. The molecule has 10 nitrogen and oxygen atoms in total. The molecule has 0 radical (unpaired) electrons. The molecule has 144 valence electrons. The van der Waals surface area contributed by atoms with E-state index in [1.165, 1.54) is 37.7 Å². The average Bonchev–Trinajstić information content (AvgIpc) is 3.16. The summed E-state index contributed by atoms with van der Waals surface area (Å²) in [5.41, 5.74) is 3.61. The number of hydrogen-bond donors (Lipinski definition) is 3. The topological polar surface area (TPSA) is 126 Å². The number of hydrogen-bond acceptors (Lipinski definition) is 9. The number of phenolic OH excluding ortho intramolecular Hbond substituents is 2. The highest BCUT2D eigenvalue weighted by Gasteiger charge is 2.07. The number of phenols is 2. The summed E-state index contributed by atoms with van der Waals surface area (Å²) in [5.74, 6) is 0.868. The Kier molecular flexibility index (Phi) is 5.70. The summed E-state index contributed by atoms with van der Waals surface area (Å²) in [6.45, 7) is 0. The molecule has 3 aromatic rings. The molecule has 28 heavy (non-hydrogen) atoms. The van der Waals surface area contributed by atoms with Crippen LogP contribution in [0.2, 0.25) is 0 Å². The minimum Gasteiger partial charge on any atom is -0.504 e. The maximum Gasteiger partial charge on any atom is 0.265 e. The van der Waals surface area contributed by atoms with E-state index in [0.29, 0.717) is 22.6 Å². The maximum atomic E-state index is 10.1. The van der Waals surface area contributed by atoms with Gasteiger partial charge in [-0.15, -0.1) is 10.2 Å². The van der Waals surface area contributed by atoms with Gasteiger partial charge >= 0.3 is 0 Å². The number of hydrazone groups is 1. The van der Waals surface area contributed by atoms with Gasteiger partial charge in [0.2, 0.25) is 0 Å². The first-order valence-electron chi connectivity index (χ1n) is 8.09. The Balaban J connectivity index is 1.74. The van der Waals surface area contributed by atoms with Crippen LogP contribution in [0.25, 0.3) is 0 Å². The number of nitrogens with zero attached hydrogens (tertiary/aromatic N) is 5. The zero-order valence-electron chi connectivity index (χ0n) is 15.1. The molecule has 0 spiro atoms. The van der Waals surface area contributed by atoms with Crippen molar-refractivity contribution in [2.24, 2.45) is 10.2 Å². The first-order valence-corrected chi connectivity index (χ1v) is 8.09. The number of nitrogens with one attached hydrogen (secondary N) is 1. The Labute approximate surface area is 160 Å². The molecule has 0 aliphatic carbocycles. The predicted octanol–water partition coefficient (Wildman–Crippen LogP) is 2.03. The molecule has 1 aromatic heterocycles. The van der Waals surface area contributed by atoms with Gasteiger partial charge in [0.15, 0.2) is 23.0 Å². The van der Waals surface area contributed by atoms with Crippen LogP contribution in [0.3, 0.4) is 0 Å². The third kappa shape index (κ3) is 4.01. The summed E-state index contributed by atoms with van der Waals surface area (Å²) >= 11 is 0. The van der Waals surface area contributed by atoms with Crippen molar-refractivity contribution >= 4 is 18.4 Å². The van der Waals surface area contributed by atoms with Gasteiger partial charge in [-0.05, 0) is 24.3 Å². The average molecular weight is 382 g/mol. The fraction of sp³-hybridized carbons (Fsp3) is 0.111. The van der Waals surface area contributed by atoms with Crippen molar-refractivity contribution in [1.29, 1.82) is 0 Å². The number of ether oxygens (including phenoxy) is 2. The van der Waals surface area contributed by atoms with Gasteiger partial charge in [-0.3, -0.25) is 0 Å². The van der Waals surface area contributed by atoms with Gasteiger partial charge in [0, 0.05) is 11.1 Å². The lowest BCUT2D eigenvalue weighted by molar-refractivity contribution is 0.373. The molecule has 2 aromatic carbocycles. The van der Waals surface area contributed by atoms with Crippen LogP contribution in [-0.2, 0) is 0 Å². The molecule has 0 saturated heterocycles. The van der Waals surface area contributed by atoms with Gasteiger partial charge < -0.3 is 19.7 Å². The van der Waals surface area contributed by atoms with Crippen molar-refractivity contribution in [1.82, 2.24) is 14.9 Å². The highest BCUT2D eigenvalue weighted by atomic mass is 16.5. The lowest BCUT2D eigenvalue weighted by Crippen LogP contribution is -1.99. The highest BCUT2D eigenvalue weighted by molar-refractivity contribution is 5.85. The fourth-order valence-corrected chi connectivity index (χ4v) is 2.29. The number of aromatic nitrogens is 3. The Morgan fingerprint density at radius 1 is 0.964 bits per heavy atom. The van der Waals surface area contributed by atoms with Crippen LogP contribution >= 0.6 is 0 Å². The molecule has 0 amide bonds. The third-order valence-electron chi connectivity index (χ3n) is 3.72. The first-order chi connectivity index (χ1) is 13.6. The molecular weight excluding hydrogens is 364 g/mol. The summed E-state index contributed by atoms with van der Waals surface area (Å²) in [6.07, 6.45) is 4.22. The standard InChI is InChI=1S/C18H18N6O4/c1-27-14-7-3-5-12(16(14)25)9-19-22-18-23-20-11-24(18)21-10-13-6-4-8-15(28-2)17(13)26/h3-11,25-26H,1-2H3,(H,22,23). The molecule has 0 unspecified atom stereocenters. The number of benzene rings is 2. The van der Waals surface area contributed by atoms with Crippen molar-refractivity contribution in [3.63, 3.8) is 0 Å². The number of para-hydroxylation sites is 2. The number of methoxy groups -OCH3 is 2. The van der Waals surface area contributed by atoms with Gasteiger partial charge in [-0.2, -0.15) is 14.9 Å². The second-order valence-electron chi connectivity index (χ2n) is 5.41. The summed E-state index contributed by atoms with van der Waals surface area (Å²) in [4.78, 5) is 0. The van der Waals surface area contributed by atoms with Crippen molar-refractivity contribution in [3.8, 4) is 23.0 Å². The number of anilines is 1. The SMILES string of the molecule is COc1cccc(C=NNc2nncn2N=Cc2cccc(OC)c2O)c1O. The maximum absolute atomic E-state index is 10.1. The molecule has 10 heteroatoms. The Bertz CT molecular complexity index is 1020. The summed E-state index contributed by atoms with van der Waals surface area (Å²) in [5, 5.41) is 36.0. The van der Waals surface area contributed by atoms with Crippen molar-refractivity contribution in [3.05, 3.63) is 53.9 Å². The molecule has 0 aliphatic heterocycles. The Morgan fingerprint density at radius 3 is 2.18 bits per heavy atom. The van der Waals surface area contributed by atoms with E-state index < -0.39 is 0 Å². The molecule has 0 saturated carbocycles. The van der Waals surface area contributed by atoms with E-state index in [1.807, 2.05) is 0 Å². The van der Waals surface area contributed by atoms with Crippen molar-refractivity contribution in [2.75, 3.05) is 19.6 Å². The van der Waals surface area contributed by atoms with Gasteiger partial charge in [-0.1, -0.05) is 12.1 Å². The van der Waals surface area contributed by atoms with E-state index in [4.69, 9.17) is 9.47 Å². The second-order valence-corrected chi connectivity index (χ2v) is 5.41. The lowest BCUT2D eigenvalue weighted by atomic mass is 10.2. The molecule has 0 aliphatic rings. The van der Waals surface area contributed by atoms with E-state index in [-0.39, 0.29) is 17.4 Å². The van der Waals surface area contributed by atoms with Gasteiger partial charge in [0.1, 0.15) is 6.33 Å². The lowest BCUT2D eigenvalue weighted by Gasteiger charge is -2.05. The van der Waals surface area contributed by atoms with Crippen LogP contribution in [0.4, 0.5) is 5.95 Å². The predicted molar refractivity (Wildman–Crippen MR) is 104 cm³/mol. The number of rotatable bonds is 7. The monoisotopic (exact) mass is 382 g/mol. The molecule has 0 fully saturated rings. The molecule has 3 N–H and O–H groups in total. The Morgan fingerprint density at radius 2 is 1.57 bits per heavy atom. The zero-order valence-corrected chi connectivity index (χ0v) is 15.1. The summed E-state index contributed by atoms with van der Waals surface area (Å²) in [7, 11) is 2.94. The minimum atomic E-state index is -0.0251. The quantitative estimate of drug-likeness (QED) is 0.421. The summed E-state index contributed by atoms with van der Waals surface area (Å²) in [6, 6.07) is 10.1. The molecule has 3 rings (SSSR count). The van der Waals surface area contributed by atoms with Gasteiger partial charge in [-0.25, -0.2) is 5.43 Å². The highest BCUT2D eigenvalue weighted by Crippen LogP contribution is 2.29. The van der Waals surface area contributed by atoms with Crippen LogP contribution in [0, 0.1) is 0 Å². The molecule has 1 heterocycles. The fourth-order valence-electron chi connectivity index (χ4n) is 2.29. The van der Waals surface area contributed by atoms with E-state index >= 15 is 0 Å². The van der Waals surface area contributed by atoms with Crippen LogP contribution < -0.4 is 14.9 Å². The van der Waals surface area contributed by atoms with Crippen molar-refractivity contribution in [2.45, 2.75) is 0 Å². The number of aromatic hydroxyl groups is 2. The van der Waals surface area contributed by atoms with Crippen LogP contribution in [0.15, 0.2) is 52.9 Å². The van der Waals surface area contributed by atoms with E-state index in [2.05, 4.69) is 25.8 Å². The molecule has 0 bridgehead atoms. The van der Waals surface area contributed by atoms with E-state index in [0.717, 1.165) is 0 Å². The molecular formula is C18H18N6O4. The Hall–Kier alpha value is -4.08. The van der Waals surface area contributed by atoms with Crippen molar-refractivity contribution < 1.29 is 19.7 Å². The minimum absolute atomic E-state index is 0.0245. The van der Waals surface area contributed by atoms with Gasteiger partial charge in [0.05, 0.1) is 26.6 Å². The van der Waals surface area contributed by atoms with Gasteiger partial charge in [0.25, 0.3) is 5.95 Å². The first kappa shape index (κ1) is 18.7. The van der Waals surface area contributed by atoms with E-state index in [9.17, 15) is 10.2 Å².